The van der Waals surface area contributed by atoms with E-state index >= 15 is 0 Å². The SMILES string of the molecule is C=Cc1ccc(C(=O)O)c(C(=O)O)c1-c1ccccc1. The summed E-state index contributed by atoms with van der Waals surface area (Å²) in [5, 5.41) is 18.5. The van der Waals surface area contributed by atoms with Crippen molar-refractivity contribution in [2.24, 2.45) is 0 Å². The summed E-state index contributed by atoms with van der Waals surface area (Å²) in [7, 11) is 0. The van der Waals surface area contributed by atoms with Gasteiger partial charge in [-0.2, -0.15) is 0 Å². The molecule has 20 heavy (non-hydrogen) atoms. The van der Waals surface area contributed by atoms with Crippen LogP contribution in [0.5, 0.6) is 0 Å². The van der Waals surface area contributed by atoms with Gasteiger partial charge in [0.25, 0.3) is 0 Å². The third-order valence-corrected chi connectivity index (χ3v) is 2.96. The first-order chi connectivity index (χ1) is 9.56. The molecule has 4 nitrogen and oxygen atoms in total. The molecule has 0 atom stereocenters. The van der Waals surface area contributed by atoms with Crippen molar-refractivity contribution in [3.8, 4) is 11.1 Å². The summed E-state index contributed by atoms with van der Waals surface area (Å²) in [6.45, 7) is 3.65. The van der Waals surface area contributed by atoms with Gasteiger partial charge in [0.15, 0.2) is 0 Å². The van der Waals surface area contributed by atoms with Crippen LogP contribution in [0.3, 0.4) is 0 Å². The van der Waals surface area contributed by atoms with E-state index in [4.69, 9.17) is 5.11 Å². The van der Waals surface area contributed by atoms with E-state index < -0.39 is 11.9 Å². The topological polar surface area (TPSA) is 74.6 Å². The molecule has 0 aliphatic heterocycles. The highest BCUT2D eigenvalue weighted by atomic mass is 16.4. The highest BCUT2D eigenvalue weighted by Crippen LogP contribution is 2.31. The van der Waals surface area contributed by atoms with E-state index in [0.717, 1.165) is 0 Å². The minimum absolute atomic E-state index is 0.221. The molecule has 0 radical (unpaired) electrons. The maximum atomic E-state index is 11.5. The summed E-state index contributed by atoms with van der Waals surface area (Å²) >= 11 is 0. The lowest BCUT2D eigenvalue weighted by molar-refractivity contribution is 0.0652. The molecule has 0 aliphatic carbocycles. The van der Waals surface area contributed by atoms with Gasteiger partial charge < -0.3 is 10.2 Å². The molecule has 0 saturated heterocycles. The second-order valence-corrected chi connectivity index (χ2v) is 4.13. The van der Waals surface area contributed by atoms with Gasteiger partial charge >= 0.3 is 11.9 Å². The number of aromatic carboxylic acids is 2. The Balaban J connectivity index is 2.88. The molecule has 0 aliphatic rings. The fourth-order valence-electron chi connectivity index (χ4n) is 2.11. The first-order valence-electron chi connectivity index (χ1n) is 5.87. The van der Waals surface area contributed by atoms with Crippen LogP contribution in [-0.4, -0.2) is 22.2 Å². The van der Waals surface area contributed by atoms with Gasteiger partial charge in [0.1, 0.15) is 0 Å². The van der Waals surface area contributed by atoms with Crippen molar-refractivity contribution in [1.82, 2.24) is 0 Å². The maximum Gasteiger partial charge on any atom is 0.337 e. The number of hydrogen-bond donors (Lipinski definition) is 2. The summed E-state index contributed by atoms with van der Waals surface area (Å²) < 4.78 is 0. The van der Waals surface area contributed by atoms with Crippen LogP contribution in [0.4, 0.5) is 0 Å². The third-order valence-electron chi connectivity index (χ3n) is 2.96. The maximum absolute atomic E-state index is 11.5. The molecule has 0 aromatic heterocycles. The normalized spacial score (nSPS) is 10.0. The molecule has 0 fully saturated rings. The van der Waals surface area contributed by atoms with Crippen LogP contribution in [0.15, 0.2) is 49.0 Å². The molecule has 0 heterocycles. The monoisotopic (exact) mass is 268 g/mol. The molecule has 100 valence electrons. The highest BCUT2D eigenvalue weighted by Gasteiger charge is 2.22. The minimum atomic E-state index is -1.27. The Labute approximate surface area is 115 Å². The van der Waals surface area contributed by atoms with Crippen LogP contribution in [0.1, 0.15) is 26.3 Å². The summed E-state index contributed by atoms with van der Waals surface area (Å²) in [5.74, 6) is -2.54. The zero-order valence-electron chi connectivity index (χ0n) is 10.5. The lowest BCUT2D eigenvalue weighted by Gasteiger charge is -2.13. The molecule has 2 aromatic rings. The van der Waals surface area contributed by atoms with Crippen LogP contribution < -0.4 is 0 Å². The molecule has 0 spiro atoms. The second-order valence-electron chi connectivity index (χ2n) is 4.13. The van der Waals surface area contributed by atoms with E-state index in [1.54, 1.807) is 36.4 Å². The van der Waals surface area contributed by atoms with E-state index in [2.05, 4.69) is 6.58 Å². The molecule has 0 amide bonds. The van der Waals surface area contributed by atoms with Gasteiger partial charge in [0, 0.05) is 5.56 Å². The number of rotatable bonds is 4. The zero-order valence-corrected chi connectivity index (χ0v) is 10.5. The average Bonchev–Trinajstić information content (AvgIpc) is 2.46. The van der Waals surface area contributed by atoms with Crippen molar-refractivity contribution in [3.63, 3.8) is 0 Å². The van der Waals surface area contributed by atoms with Gasteiger partial charge in [0.2, 0.25) is 0 Å². The summed E-state index contributed by atoms with van der Waals surface area (Å²) in [6, 6.07) is 11.7. The number of carbonyl (C=O) groups is 2. The molecule has 0 saturated carbocycles. The predicted molar refractivity (Wildman–Crippen MR) is 75.9 cm³/mol. The zero-order chi connectivity index (χ0) is 14.7. The van der Waals surface area contributed by atoms with E-state index in [-0.39, 0.29) is 11.1 Å². The molecule has 0 unspecified atom stereocenters. The Morgan fingerprint density at radius 3 is 2.10 bits per heavy atom. The number of hydrogen-bond acceptors (Lipinski definition) is 2. The minimum Gasteiger partial charge on any atom is -0.478 e. The first kappa shape index (κ1) is 13.5. The molecule has 2 rings (SSSR count). The van der Waals surface area contributed by atoms with Crippen molar-refractivity contribution >= 4 is 18.0 Å². The van der Waals surface area contributed by atoms with E-state index in [0.29, 0.717) is 16.7 Å². The fourth-order valence-corrected chi connectivity index (χ4v) is 2.11. The summed E-state index contributed by atoms with van der Waals surface area (Å²) in [4.78, 5) is 22.7. The van der Waals surface area contributed by atoms with E-state index in [1.807, 2.05) is 0 Å². The Morgan fingerprint density at radius 2 is 1.60 bits per heavy atom. The van der Waals surface area contributed by atoms with Crippen molar-refractivity contribution in [2.75, 3.05) is 0 Å². The third kappa shape index (κ3) is 2.31. The second kappa shape index (κ2) is 5.40. The Bertz CT molecular complexity index is 687. The van der Waals surface area contributed by atoms with Gasteiger partial charge in [-0.3, -0.25) is 0 Å². The van der Waals surface area contributed by atoms with Crippen LogP contribution in [-0.2, 0) is 0 Å². The van der Waals surface area contributed by atoms with Gasteiger partial charge in [0.05, 0.1) is 11.1 Å². The van der Waals surface area contributed by atoms with Crippen LogP contribution in [0.25, 0.3) is 17.2 Å². The van der Waals surface area contributed by atoms with Crippen molar-refractivity contribution < 1.29 is 19.8 Å². The van der Waals surface area contributed by atoms with Gasteiger partial charge in [-0.25, -0.2) is 9.59 Å². The first-order valence-corrected chi connectivity index (χ1v) is 5.87. The lowest BCUT2D eigenvalue weighted by Crippen LogP contribution is -2.11. The predicted octanol–water partition coefficient (Wildman–Crippen LogP) is 3.39. The van der Waals surface area contributed by atoms with Crippen molar-refractivity contribution in [3.05, 3.63) is 65.7 Å². The lowest BCUT2D eigenvalue weighted by atomic mass is 9.90. The molecule has 2 aromatic carbocycles. The van der Waals surface area contributed by atoms with Crippen molar-refractivity contribution in [2.45, 2.75) is 0 Å². The Kier molecular flexibility index (Phi) is 3.66. The molecular weight excluding hydrogens is 256 g/mol. The van der Waals surface area contributed by atoms with E-state index in [9.17, 15) is 14.7 Å². The smallest absolute Gasteiger partial charge is 0.337 e. The average molecular weight is 268 g/mol. The fraction of sp³-hybridized carbons (Fsp3) is 0. The number of carboxylic acid groups (broad SMARTS) is 2. The number of carboxylic acids is 2. The van der Waals surface area contributed by atoms with Crippen molar-refractivity contribution in [1.29, 1.82) is 0 Å². The van der Waals surface area contributed by atoms with Gasteiger partial charge in [-0.15, -0.1) is 0 Å². The van der Waals surface area contributed by atoms with Gasteiger partial charge in [-0.1, -0.05) is 49.1 Å². The highest BCUT2D eigenvalue weighted by molar-refractivity contribution is 6.08. The standard InChI is InChI=1S/C16H12O4/c1-2-10-8-9-12(15(17)18)14(16(19)20)13(10)11-6-4-3-5-7-11/h2-9H,1H2,(H,17,18)(H,19,20). The van der Waals surface area contributed by atoms with Crippen LogP contribution >= 0.6 is 0 Å². The Morgan fingerprint density at radius 1 is 0.950 bits per heavy atom. The number of benzene rings is 2. The molecule has 0 bridgehead atoms. The van der Waals surface area contributed by atoms with Gasteiger partial charge in [-0.05, 0) is 17.2 Å². The summed E-state index contributed by atoms with van der Waals surface area (Å²) in [5.41, 5.74) is 1.14. The molecular formula is C16H12O4. The van der Waals surface area contributed by atoms with E-state index in [1.165, 1.54) is 12.1 Å². The Hall–Kier alpha value is -2.88. The molecule has 2 N–H and O–H groups in total. The summed E-state index contributed by atoms with van der Waals surface area (Å²) in [6.07, 6.45) is 1.51. The largest absolute Gasteiger partial charge is 0.478 e. The molecule has 4 heteroatoms. The van der Waals surface area contributed by atoms with Crippen LogP contribution in [0, 0.1) is 0 Å². The quantitative estimate of drug-likeness (QED) is 0.891. The van der Waals surface area contributed by atoms with Crippen LogP contribution in [0.2, 0.25) is 0 Å².